The lowest BCUT2D eigenvalue weighted by Gasteiger charge is -2.09. The van der Waals surface area contributed by atoms with Crippen LogP contribution < -0.4 is 5.32 Å². The lowest BCUT2D eigenvalue weighted by molar-refractivity contribution is -0.124. The van der Waals surface area contributed by atoms with Gasteiger partial charge in [-0.1, -0.05) is 41.4 Å². The highest BCUT2D eigenvalue weighted by atomic mass is 35.5. The molecule has 7 heteroatoms. The molecule has 0 heterocycles. The number of ether oxygens (including phenoxy) is 2. The van der Waals surface area contributed by atoms with Gasteiger partial charge in [0.15, 0.2) is 6.61 Å². The van der Waals surface area contributed by atoms with Crippen molar-refractivity contribution in [2.24, 2.45) is 0 Å². The van der Waals surface area contributed by atoms with E-state index in [4.69, 9.17) is 32.7 Å². The maximum absolute atomic E-state index is 12.0. The van der Waals surface area contributed by atoms with Crippen molar-refractivity contribution in [3.8, 4) is 0 Å². The summed E-state index contributed by atoms with van der Waals surface area (Å²) in [6.07, 6.45) is 0.135. The molecule has 1 amide bonds. The van der Waals surface area contributed by atoms with Crippen LogP contribution in [0.5, 0.6) is 0 Å². The van der Waals surface area contributed by atoms with Gasteiger partial charge >= 0.3 is 5.97 Å². The van der Waals surface area contributed by atoms with E-state index in [2.05, 4.69) is 5.32 Å². The van der Waals surface area contributed by atoms with Crippen LogP contribution in [-0.2, 0) is 27.4 Å². The zero-order valence-corrected chi connectivity index (χ0v) is 16.6. The molecule has 0 saturated carbocycles. The predicted molar refractivity (Wildman–Crippen MR) is 105 cm³/mol. The van der Waals surface area contributed by atoms with E-state index >= 15 is 0 Å². The summed E-state index contributed by atoms with van der Waals surface area (Å²) in [6.45, 7) is 4.23. The molecular weight excluding hydrogens is 389 g/mol. The Bertz CT molecular complexity index is 791. The summed E-state index contributed by atoms with van der Waals surface area (Å²) in [5, 5.41) is 3.62. The van der Waals surface area contributed by atoms with Crippen LogP contribution in [-0.4, -0.2) is 24.6 Å². The Balaban J connectivity index is 1.78. The van der Waals surface area contributed by atoms with Gasteiger partial charge in [0.25, 0.3) is 5.91 Å². The Morgan fingerprint density at radius 2 is 1.78 bits per heavy atom. The minimum absolute atomic E-state index is 0.135. The fraction of sp³-hybridized carbons (Fsp3) is 0.300. The Hall–Kier alpha value is -2.08. The monoisotopic (exact) mass is 409 g/mol. The van der Waals surface area contributed by atoms with E-state index in [-0.39, 0.29) is 19.3 Å². The molecule has 0 aliphatic heterocycles. The van der Waals surface area contributed by atoms with Gasteiger partial charge in [-0.05, 0) is 49.2 Å². The lowest BCUT2D eigenvalue weighted by atomic mass is 10.1. The van der Waals surface area contributed by atoms with Crippen LogP contribution in [0.2, 0.25) is 10.0 Å². The number of carbonyl (C=O) groups is 2. The third kappa shape index (κ3) is 7.21. The molecule has 2 aromatic carbocycles. The summed E-state index contributed by atoms with van der Waals surface area (Å²) in [6, 6.07) is 11.9. The van der Waals surface area contributed by atoms with E-state index in [0.29, 0.717) is 22.2 Å². The highest BCUT2D eigenvalue weighted by Gasteiger charge is 2.11. The van der Waals surface area contributed by atoms with Crippen LogP contribution in [0.15, 0.2) is 42.5 Å². The second kappa shape index (κ2) is 10.3. The zero-order chi connectivity index (χ0) is 19.8. The van der Waals surface area contributed by atoms with Crippen molar-refractivity contribution in [1.29, 1.82) is 0 Å². The van der Waals surface area contributed by atoms with Gasteiger partial charge < -0.3 is 14.8 Å². The number of benzene rings is 2. The number of esters is 1. The minimum atomic E-state index is -0.564. The number of rotatable bonds is 8. The SMILES string of the molecule is CC(C)OCc1ccc(C(=O)OCC(=O)NCc2ccc(Cl)cc2Cl)cc1. The average molecular weight is 410 g/mol. The molecule has 0 atom stereocenters. The predicted octanol–water partition coefficient (Wildman–Crippen LogP) is 4.39. The standard InChI is InChI=1S/C20H21Cl2NO4/c1-13(2)26-11-14-3-5-15(6-4-14)20(25)27-12-19(24)23-10-16-7-8-17(21)9-18(16)22/h3-9,13H,10-12H2,1-2H3,(H,23,24). The summed E-state index contributed by atoms with van der Waals surface area (Å²) in [5.74, 6) is -0.984. The molecule has 0 saturated heterocycles. The molecular formula is C20H21Cl2NO4. The van der Waals surface area contributed by atoms with Crippen LogP contribution in [0, 0.1) is 0 Å². The maximum Gasteiger partial charge on any atom is 0.338 e. The fourth-order valence-corrected chi connectivity index (χ4v) is 2.60. The third-order valence-corrected chi connectivity index (χ3v) is 4.19. The molecule has 0 unspecified atom stereocenters. The summed E-state index contributed by atoms with van der Waals surface area (Å²) in [7, 11) is 0. The Kier molecular flexibility index (Phi) is 8.10. The first-order chi connectivity index (χ1) is 12.8. The van der Waals surface area contributed by atoms with Gasteiger partial charge in [0.2, 0.25) is 0 Å². The van der Waals surface area contributed by atoms with Crippen LogP contribution in [0.25, 0.3) is 0 Å². The first-order valence-electron chi connectivity index (χ1n) is 8.43. The van der Waals surface area contributed by atoms with Gasteiger partial charge in [0, 0.05) is 16.6 Å². The van der Waals surface area contributed by atoms with Crippen LogP contribution >= 0.6 is 23.2 Å². The minimum Gasteiger partial charge on any atom is -0.452 e. The highest BCUT2D eigenvalue weighted by Crippen LogP contribution is 2.20. The maximum atomic E-state index is 12.0. The highest BCUT2D eigenvalue weighted by molar-refractivity contribution is 6.35. The normalized spacial score (nSPS) is 10.7. The van der Waals surface area contributed by atoms with Crippen molar-refractivity contribution in [3.05, 3.63) is 69.2 Å². The number of hydrogen-bond acceptors (Lipinski definition) is 4. The Morgan fingerprint density at radius 3 is 2.41 bits per heavy atom. The second-order valence-electron chi connectivity index (χ2n) is 6.15. The molecule has 1 N–H and O–H groups in total. The molecule has 2 aromatic rings. The zero-order valence-electron chi connectivity index (χ0n) is 15.1. The summed E-state index contributed by atoms with van der Waals surface area (Å²) >= 11 is 11.9. The molecule has 0 bridgehead atoms. The van der Waals surface area contributed by atoms with Gasteiger partial charge in [-0.15, -0.1) is 0 Å². The molecule has 144 valence electrons. The molecule has 0 aliphatic carbocycles. The molecule has 0 aliphatic rings. The summed E-state index contributed by atoms with van der Waals surface area (Å²) in [5.41, 5.74) is 2.05. The Labute approximate surface area is 168 Å². The number of halogens is 2. The van der Waals surface area contributed by atoms with Gasteiger partial charge in [-0.3, -0.25) is 4.79 Å². The van der Waals surface area contributed by atoms with Gasteiger partial charge in [-0.25, -0.2) is 4.79 Å². The number of hydrogen-bond donors (Lipinski definition) is 1. The van der Waals surface area contributed by atoms with Crippen LogP contribution in [0.4, 0.5) is 0 Å². The van der Waals surface area contributed by atoms with E-state index in [9.17, 15) is 9.59 Å². The van der Waals surface area contributed by atoms with Gasteiger partial charge in [0.05, 0.1) is 18.3 Å². The second-order valence-corrected chi connectivity index (χ2v) is 6.99. The number of nitrogens with one attached hydrogen (secondary N) is 1. The van der Waals surface area contributed by atoms with E-state index in [1.807, 2.05) is 13.8 Å². The molecule has 0 radical (unpaired) electrons. The van der Waals surface area contributed by atoms with E-state index < -0.39 is 11.9 Å². The first-order valence-corrected chi connectivity index (χ1v) is 9.19. The van der Waals surface area contributed by atoms with Crippen molar-refractivity contribution in [2.75, 3.05) is 6.61 Å². The largest absolute Gasteiger partial charge is 0.452 e. The molecule has 0 spiro atoms. The smallest absolute Gasteiger partial charge is 0.338 e. The van der Waals surface area contributed by atoms with Crippen LogP contribution in [0.1, 0.15) is 35.3 Å². The van der Waals surface area contributed by atoms with Crippen molar-refractivity contribution in [2.45, 2.75) is 33.1 Å². The van der Waals surface area contributed by atoms with Crippen molar-refractivity contribution in [3.63, 3.8) is 0 Å². The molecule has 5 nitrogen and oxygen atoms in total. The molecule has 0 aromatic heterocycles. The van der Waals surface area contributed by atoms with Crippen LogP contribution in [0.3, 0.4) is 0 Å². The number of carbonyl (C=O) groups excluding carboxylic acids is 2. The first kappa shape index (κ1) is 21.2. The van der Waals surface area contributed by atoms with E-state index in [0.717, 1.165) is 11.1 Å². The third-order valence-electron chi connectivity index (χ3n) is 3.60. The topological polar surface area (TPSA) is 64.6 Å². The van der Waals surface area contributed by atoms with Crippen molar-refractivity contribution < 1.29 is 19.1 Å². The summed E-state index contributed by atoms with van der Waals surface area (Å²) < 4.78 is 10.5. The Morgan fingerprint density at radius 1 is 1.07 bits per heavy atom. The van der Waals surface area contributed by atoms with Gasteiger partial charge in [-0.2, -0.15) is 0 Å². The van der Waals surface area contributed by atoms with E-state index in [1.165, 1.54) is 0 Å². The fourth-order valence-electron chi connectivity index (χ4n) is 2.12. The molecule has 27 heavy (non-hydrogen) atoms. The van der Waals surface area contributed by atoms with E-state index in [1.54, 1.807) is 42.5 Å². The van der Waals surface area contributed by atoms with Gasteiger partial charge in [0.1, 0.15) is 0 Å². The average Bonchev–Trinajstić information content (AvgIpc) is 2.64. The quantitative estimate of drug-likeness (QED) is 0.656. The summed E-state index contributed by atoms with van der Waals surface area (Å²) in [4.78, 5) is 23.9. The van der Waals surface area contributed by atoms with Crippen molar-refractivity contribution >= 4 is 35.1 Å². The molecule has 0 fully saturated rings. The number of amides is 1. The molecule has 2 rings (SSSR count). The van der Waals surface area contributed by atoms with Crippen molar-refractivity contribution in [1.82, 2.24) is 5.32 Å². The lowest BCUT2D eigenvalue weighted by Crippen LogP contribution is -2.28.